The van der Waals surface area contributed by atoms with Gasteiger partial charge in [-0.3, -0.25) is 0 Å². The van der Waals surface area contributed by atoms with Gasteiger partial charge in [-0.1, -0.05) is 0 Å². The Hall–Kier alpha value is 0.210. The fourth-order valence-corrected chi connectivity index (χ4v) is 0. The van der Waals surface area contributed by atoms with Crippen molar-refractivity contribution in [1.82, 2.24) is 5.73 Å². The van der Waals surface area contributed by atoms with E-state index in [1.807, 2.05) is 0 Å². The first-order chi connectivity index (χ1) is 2.64. The number of aliphatic hydroxyl groups is 1. The molecule has 37 valence electrons. The minimum Gasteiger partial charge on any atom is -0.390 e. The highest BCUT2D eigenvalue weighted by atomic mass is 35.5. The number of hydrogen-bond acceptors (Lipinski definition) is 1. The molecule has 0 aliphatic carbocycles. The molecule has 2 unspecified atom stereocenters. The van der Waals surface area contributed by atoms with Gasteiger partial charge < -0.3 is 5.11 Å². The molecule has 0 saturated heterocycles. The summed E-state index contributed by atoms with van der Waals surface area (Å²) in [6.07, 6.45) is -0.716. The van der Waals surface area contributed by atoms with Crippen LogP contribution in [0.25, 0.3) is 0 Å². The van der Waals surface area contributed by atoms with E-state index in [1.54, 1.807) is 0 Å². The van der Waals surface area contributed by atoms with Gasteiger partial charge in [0.25, 0.3) is 0 Å². The molecular weight excluding hydrogens is 101 g/mol. The van der Waals surface area contributed by atoms with Crippen molar-refractivity contribution in [3.8, 4) is 0 Å². The highest BCUT2D eigenvalue weighted by Crippen LogP contribution is 1.92. The van der Waals surface area contributed by atoms with Crippen LogP contribution in [-0.4, -0.2) is 16.7 Å². The molecule has 0 aromatic carbocycles. The van der Waals surface area contributed by atoms with E-state index in [0.29, 0.717) is 0 Å². The van der Waals surface area contributed by atoms with Gasteiger partial charge in [-0.2, -0.15) is 0 Å². The highest BCUT2D eigenvalue weighted by molar-refractivity contribution is 6.20. The monoisotopic (exact) mass is 108 g/mol. The van der Waals surface area contributed by atoms with E-state index in [2.05, 4.69) is 0 Å². The summed E-state index contributed by atoms with van der Waals surface area (Å²) < 4.78 is 0. The number of rotatable bonds is 1. The van der Waals surface area contributed by atoms with Crippen LogP contribution in [0.2, 0.25) is 0 Å². The quantitative estimate of drug-likeness (QED) is 0.379. The molecule has 0 heterocycles. The van der Waals surface area contributed by atoms with E-state index < -0.39 is 11.6 Å². The SMILES string of the molecule is CC(O)C([NH])Cl. The molecule has 0 rings (SSSR count). The normalized spacial score (nSPS) is 20.0. The minimum atomic E-state index is -0.870. The molecule has 0 aliphatic rings. The second-order valence-electron chi connectivity index (χ2n) is 1.14. The Labute approximate surface area is 41.9 Å². The summed E-state index contributed by atoms with van der Waals surface area (Å²) in [5.74, 6) is 0. The second-order valence-corrected chi connectivity index (χ2v) is 1.61. The van der Waals surface area contributed by atoms with Crippen molar-refractivity contribution in [3.63, 3.8) is 0 Å². The number of nitrogens with one attached hydrogen (secondary N) is 1. The number of alkyl halides is 1. The Balaban J connectivity index is 2.99. The minimum absolute atomic E-state index is 0.716. The predicted molar refractivity (Wildman–Crippen MR) is 24.4 cm³/mol. The Bertz CT molecular complexity index is 31.8. The zero-order valence-corrected chi connectivity index (χ0v) is 4.24. The molecule has 0 spiro atoms. The van der Waals surface area contributed by atoms with Crippen LogP contribution < -0.4 is 5.73 Å². The average molecular weight is 109 g/mol. The summed E-state index contributed by atoms with van der Waals surface area (Å²) in [4.78, 5) is 0. The standard InChI is InChI=1S/C3H7ClNO/c1-2(6)3(4)5/h2-3,5-6H,1H3. The van der Waals surface area contributed by atoms with Crippen LogP contribution in [0.5, 0.6) is 0 Å². The van der Waals surface area contributed by atoms with Gasteiger partial charge in [-0.25, -0.2) is 5.73 Å². The smallest absolute Gasteiger partial charge is 0.121 e. The van der Waals surface area contributed by atoms with Crippen molar-refractivity contribution in [1.29, 1.82) is 0 Å². The van der Waals surface area contributed by atoms with Crippen LogP contribution in [-0.2, 0) is 0 Å². The molecule has 2 atom stereocenters. The number of aliphatic hydroxyl groups excluding tert-OH is 1. The summed E-state index contributed by atoms with van der Waals surface area (Å²) in [6, 6.07) is 0. The Kier molecular flexibility index (Phi) is 2.48. The van der Waals surface area contributed by atoms with Crippen LogP contribution >= 0.6 is 11.6 Å². The van der Waals surface area contributed by atoms with E-state index in [-0.39, 0.29) is 0 Å². The maximum atomic E-state index is 8.31. The third kappa shape index (κ3) is 2.45. The molecule has 0 amide bonds. The molecule has 1 radical (unpaired) electrons. The Morgan fingerprint density at radius 3 is 2.00 bits per heavy atom. The van der Waals surface area contributed by atoms with Crippen LogP contribution in [0, 0.1) is 0 Å². The van der Waals surface area contributed by atoms with Crippen LogP contribution in [0.3, 0.4) is 0 Å². The maximum absolute atomic E-state index is 8.31. The molecule has 2 N–H and O–H groups in total. The van der Waals surface area contributed by atoms with Gasteiger partial charge in [-0.05, 0) is 6.92 Å². The molecular formula is C3H7ClNO. The predicted octanol–water partition coefficient (Wildman–Crippen LogP) is 0.215. The molecule has 3 heteroatoms. The van der Waals surface area contributed by atoms with Gasteiger partial charge in [0.2, 0.25) is 0 Å². The zero-order valence-electron chi connectivity index (χ0n) is 3.48. The lowest BCUT2D eigenvalue weighted by atomic mass is 10.4. The van der Waals surface area contributed by atoms with Gasteiger partial charge in [0.05, 0.1) is 6.10 Å². The van der Waals surface area contributed by atoms with Gasteiger partial charge in [0, 0.05) is 0 Å². The fraction of sp³-hybridized carbons (Fsp3) is 1.00. The van der Waals surface area contributed by atoms with Crippen LogP contribution in [0.1, 0.15) is 6.92 Å². The second kappa shape index (κ2) is 2.39. The van der Waals surface area contributed by atoms with E-state index in [0.717, 1.165) is 0 Å². The molecule has 0 bridgehead atoms. The third-order valence-electron chi connectivity index (χ3n) is 0.424. The van der Waals surface area contributed by atoms with Gasteiger partial charge >= 0.3 is 0 Å². The highest BCUT2D eigenvalue weighted by Gasteiger charge is 2.01. The molecule has 0 aromatic heterocycles. The summed E-state index contributed by atoms with van der Waals surface area (Å²) >= 11 is 5.03. The Morgan fingerprint density at radius 1 is 1.83 bits per heavy atom. The van der Waals surface area contributed by atoms with Crippen molar-refractivity contribution in [2.75, 3.05) is 0 Å². The van der Waals surface area contributed by atoms with Crippen LogP contribution in [0.4, 0.5) is 0 Å². The van der Waals surface area contributed by atoms with Crippen molar-refractivity contribution < 1.29 is 5.11 Å². The summed E-state index contributed by atoms with van der Waals surface area (Å²) in [6.45, 7) is 1.48. The van der Waals surface area contributed by atoms with E-state index >= 15 is 0 Å². The number of hydrogen-bond donors (Lipinski definition) is 1. The zero-order chi connectivity index (χ0) is 5.15. The van der Waals surface area contributed by atoms with Crippen molar-refractivity contribution in [2.24, 2.45) is 0 Å². The summed E-state index contributed by atoms with van der Waals surface area (Å²) in [5.41, 5.74) is 5.68. The maximum Gasteiger partial charge on any atom is 0.121 e. The number of halogens is 1. The molecule has 2 nitrogen and oxygen atoms in total. The molecule has 0 aromatic rings. The van der Waals surface area contributed by atoms with Crippen molar-refractivity contribution in [3.05, 3.63) is 0 Å². The van der Waals surface area contributed by atoms with Gasteiger partial charge in [0.15, 0.2) is 0 Å². The van der Waals surface area contributed by atoms with Gasteiger partial charge in [-0.15, -0.1) is 11.6 Å². The molecule has 0 aliphatic heterocycles. The summed E-state index contributed by atoms with van der Waals surface area (Å²) in [5, 5.41) is 8.31. The molecule has 6 heavy (non-hydrogen) atoms. The first-order valence-electron chi connectivity index (χ1n) is 1.68. The fourth-order valence-electron chi connectivity index (χ4n) is 0. The van der Waals surface area contributed by atoms with Gasteiger partial charge in [0.1, 0.15) is 5.50 Å². The molecule has 0 fully saturated rings. The summed E-state index contributed by atoms with van der Waals surface area (Å²) in [7, 11) is 0. The lowest BCUT2D eigenvalue weighted by Crippen LogP contribution is -2.16. The first-order valence-corrected chi connectivity index (χ1v) is 2.11. The van der Waals surface area contributed by atoms with Crippen molar-refractivity contribution in [2.45, 2.75) is 18.5 Å². The van der Waals surface area contributed by atoms with Crippen LogP contribution in [0.15, 0.2) is 0 Å². The van der Waals surface area contributed by atoms with E-state index in [1.165, 1.54) is 6.92 Å². The van der Waals surface area contributed by atoms with E-state index in [4.69, 9.17) is 22.4 Å². The largest absolute Gasteiger partial charge is 0.390 e. The average Bonchev–Trinajstić information content (AvgIpc) is 1.36. The van der Waals surface area contributed by atoms with E-state index in [9.17, 15) is 0 Å². The third-order valence-corrected chi connectivity index (χ3v) is 0.788. The van der Waals surface area contributed by atoms with Crippen molar-refractivity contribution >= 4 is 11.6 Å². The molecule has 0 saturated carbocycles. The Morgan fingerprint density at radius 2 is 2.00 bits per heavy atom. The topological polar surface area (TPSA) is 44.0 Å². The first kappa shape index (κ1) is 6.21. The lowest BCUT2D eigenvalue weighted by Gasteiger charge is -2.01. The lowest BCUT2D eigenvalue weighted by molar-refractivity contribution is 0.188.